The third-order valence-corrected chi connectivity index (χ3v) is 2.72. The first-order valence-corrected chi connectivity index (χ1v) is 5.71. The van der Waals surface area contributed by atoms with Gasteiger partial charge >= 0.3 is 0 Å². The van der Waals surface area contributed by atoms with Crippen molar-refractivity contribution in [2.75, 3.05) is 24.4 Å². The molecule has 0 atom stereocenters. The van der Waals surface area contributed by atoms with E-state index in [1.165, 1.54) is 0 Å². The smallest absolute Gasteiger partial charge is 0.227 e. The van der Waals surface area contributed by atoms with Crippen molar-refractivity contribution in [1.82, 2.24) is 9.97 Å². The van der Waals surface area contributed by atoms with Crippen LogP contribution in [0.25, 0.3) is 11.3 Å². The predicted molar refractivity (Wildman–Crippen MR) is 74.3 cm³/mol. The minimum Gasteiger partial charge on any atom is -0.347 e. The number of anilines is 2. The fourth-order valence-corrected chi connectivity index (χ4v) is 1.72. The average Bonchev–Trinajstić information content (AvgIpc) is 2.39. The molecule has 0 saturated carbocycles. The third-order valence-electron chi connectivity index (χ3n) is 2.72. The summed E-state index contributed by atoms with van der Waals surface area (Å²) in [6.07, 6.45) is 0. The first-order chi connectivity index (χ1) is 8.63. The molecule has 0 radical (unpaired) electrons. The highest BCUT2D eigenvalue weighted by Crippen LogP contribution is 2.26. The highest BCUT2D eigenvalue weighted by molar-refractivity contribution is 5.69. The molecule has 0 bridgehead atoms. The quantitative estimate of drug-likeness (QED) is 0.635. The fourth-order valence-electron chi connectivity index (χ4n) is 1.72. The van der Waals surface area contributed by atoms with Gasteiger partial charge in [0.25, 0.3) is 0 Å². The summed E-state index contributed by atoms with van der Waals surface area (Å²) in [5, 5.41) is 0. The summed E-state index contributed by atoms with van der Waals surface area (Å²) < 4.78 is 0. The van der Waals surface area contributed by atoms with Crippen LogP contribution in [0.5, 0.6) is 0 Å². The molecule has 0 fully saturated rings. The molecule has 0 spiro atoms. The Kier molecular flexibility index (Phi) is 3.43. The van der Waals surface area contributed by atoms with Crippen LogP contribution in [0.4, 0.5) is 11.8 Å². The number of hydrogen-bond acceptors (Lipinski definition) is 5. The van der Waals surface area contributed by atoms with Gasteiger partial charge in [0.2, 0.25) is 5.95 Å². The third kappa shape index (κ3) is 2.26. The van der Waals surface area contributed by atoms with Crippen molar-refractivity contribution in [2.24, 2.45) is 5.84 Å². The van der Waals surface area contributed by atoms with Crippen molar-refractivity contribution in [3.05, 3.63) is 35.9 Å². The van der Waals surface area contributed by atoms with Crippen LogP contribution in [0.3, 0.4) is 0 Å². The molecule has 94 valence electrons. The lowest BCUT2D eigenvalue weighted by Gasteiger charge is -2.16. The fraction of sp³-hybridized carbons (Fsp3) is 0.231. The van der Waals surface area contributed by atoms with E-state index in [9.17, 15) is 0 Å². The largest absolute Gasteiger partial charge is 0.347 e. The molecule has 0 aliphatic heterocycles. The highest BCUT2D eigenvalue weighted by Gasteiger charge is 2.12. The number of nitrogens with one attached hydrogen (secondary N) is 1. The van der Waals surface area contributed by atoms with Crippen LogP contribution in [0.15, 0.2) is 30.3 Å². The molecule has 0 unspecified atom stereocenters. The second-order valence-corrected chi connectivity index (χ2v) is 4.25. The van der Waals surface area contributed by atoms with Gasteiger partial charge in [0.05, 0.1) is 5.69 Å². The van der Waals surface area contributed by atoms with E-state index in [4.69, 9.17) is 5.84 Å². The first-order valence-electron chi connectivity index (χ1n) is 5.71. The number of rotatable bonds is 3. The van der Waals surface area contributed by atoms with Crippen LogP contribution in [0.2, 0.25) is 0 Å². The van der Waals surface area contributed by atoms with Gasteiger partial charge in [0.1, 0.15) is 5.82 Å². The Bertz CT molecular complexity index is 537. The van der Waals surface area contributed by atoms with E-state index < -0.39 is 0 Å². The summed E-state index contributed by atoms with van der Waals surface area (Å²) >= 11 is 0. The summed E-state index contributed by atoms with van der Waals surface area (Å²) in [5.74, 6) is 6.79. The van der Waals surface area contributed by atoms with Gasteiger partial charge in [-0.3, -0.25) is 0 Å². The van der Waals surface area contributed by atoms with Gasteiger partial charge in [0.15, 0.2) is 0 Å². The van der Waals surface area contributed by atoms with Gasteiger partial charge in [0, 0.05) is 25.2 Å². The van der Waals surface area contributed by atoms with Crippen LogP contribution >= 0.6 is 0 Å². The van der Waals surface area contributed by atoms with Crippen LogP contribution in [-0.4, -0.2) is 24.1 Å². The van der Waals surface area contributed by atoms with Gasteiger partial charge in [-0.25, -0.2) is 10.8 Å². The Hall–Kier alpha value is -2.14. The van der Waals surface area contributed by atoms with Crippen LogP contribution < -0.4 is 16.2 Å². The minimum atomic E-state index is 0.632. The van der Waals surface area contributed by atoms with Crippen molar-refractivity contribution in [3.63, 3.8) is 0 Å². The second kappa shape index (κ2) is 5.01. The lowest BCUT2D eigenvalue weighted by atomic mass is 10.1. The molecule has 1 aromatic heterocycles. The maximum absolute atomic E-state index is 5.51. The summed E-state index contributed by atoms with van der Waals surface area (Å²) in [6, 6.07) is 10.0. The number of nitrogens with zero attached hydrogens (tertiary/aromatic N) is 3. The van der Waals surface area contributed by atoms with Crippen LogP contribution in [0, 0.1) is 6.92 Å². The van der Waals surface area contributed by atoms with E-state index >= 15 is 0 Å². The number of nitrogen functional groups attached to an aromatic ring is 1. The van der Waals surface area contributed by atoms with Gasteiger partial charge in [-0.15, -0.1) is 0 Å². The van der Waals surface area contributed by atoms with Crippen LogP contribution in [-0.2, 0) is 0 Å². The predicted octanol–water partition coefficient (Wildman–Crippen LogP) is 1.80. The molecule has 5 heteroatoms. The van der Waals surface area contributed by atoms with E-state index in [0.717, 1.165) is 16.8 Å². The first kappa shape index (κ1) is 12.3. The molecular formula is C13H17N5. The van der Waals surface area contributed by atoms with E-state index in [1.54, 1.807) is 0 Å². The Morgan fingerprint density at radius 1 is 1.11 bits per heavy atom. The standard InChI is InChI=1S/C13H17N5/c1-9-11(10-7-5-4-6-8-10)15-13(18(2)3)16-12(9)17-14/h4-8H,14H2,1-3H3,(H,15,16,17). The van der Waals surface area contributed by atoms with E-state index in [1.807, 2.05) is 56.3 Å². The molecule has 0 amide bonds. The molecular weight excluding hydrogens is 226 g/mol. The Morgan fingerprint density at radius 2 is 1.78 bits per heavy atom. The van der Waals surface area contributed by atoms with E-state index in [-0.39, 0.29) is 0 Å². The summed E-state index contributed by atoms with van der Waals surface area (Å²) in [7, 11) is 3.81. The molecule has 0 aliphatic carbocycles. The molecule has 18 heavy (non-hydrogen) atoms. The van der Waals surface area contributed by atoms with Gasteiger partial charge in [-0.05, 0) is 6.92 Å². The van der Waals surface area contributed by atoms with E-state index in [2.05, 4.69) is 15.4 Å². The molecule has 1 aromatic carbocycles. The molecule has 5 nitrogen and oxygen atoms in total. The van der Waals surface area contributed by atoms with Crippen molar-refractivity contribution in [3.8, 4) is 11.3 Å². The molecule has 3 N–H and O–H groups in total. The summed E-state index contributed by atoms with van der Waals surface area (Å²) in [6.45, 7) is 1.96. The molecule has 0 saturated heterocycles. The van der Waals surface area contributed by atoms with Crippen molar-refractivity contribution in [1.29, 1.82) is 0 Å². The lowest BCUT2D eigenvalue weighted by Crippen LogP contribution is -2.17. The topological polar surface area (TPSA) is 67.1 Å². The maximum Gasteiger partial charge on any atom is 0.227 e. The lowest BCUT2D eigenvalue weighted by molar-refractivity contribution is 0.988. The minimum absolute atomic E-state index is 0.632. The molecule has 2 rings (SSSR count). The summed E-state index contributed by atoms with van der Waals surface area (Å²) in [4.78, 5) is 10.8. The SMILES string of the molecule is Cc1c(NN)nc(N(C)C)nc1-c1ccccc1. The zero-order valence-corrected chi connectivity index (χ0v) is 10.8. The second-order valence-electron chi connectivity index (χ2n) is 4.25. The number of nitrogens with two attached hydrogens (primary N) is 1. The normalized spacial score (nSPS) is 10.2. The van der Waals surface area contributed by atoms with Gasteiger partial charge < -0.3 is 10.3 Å². The average molecular weight is 243 g/mol. The number of benzene rings is 1. The van der Waals surface area contributed by atoms with Crippen molar-refractivity contribution < 1.29 is 0 Å². The number of aromatic nitrogens is 2. The van der Waals surface area contributed by atoms with Crippen LogP contribution in [0.1, 0.15) is 5.56 Å². The van der Waals surface area contributed by atoms with Gasteiger partial charge in [-0.2, -0.15) is 4.98 Å². The Labute approximate surface area is 107 Å². The summed E-state index contributed by atoms with van der Waals surface area (Å²) in [5.41, 5.74) is 5.51. The number of hydrazine groups is 1. The zero-order valence-electron chi connectivity index (χ0n) is 10.8. The van der Waals surface area contributed by atoms with E-state index in [0.29, 0.717) is 11.8 Å². The van der Waals surface area contributed by atoms with Crippen molar-refractivity contribution >= 4 is 11.8 Å². The van der Waals surface area contributed by atoms with Crippen molar-refractivity contribution in [2.45, 2.75) is 6.92 Å². The monoisotopic (exact) mass is 243 g/mol. The maximum atomic E-state index is 5.51. The Balaban J connectivity index is 2.62. The zero-order chi connectivity index (χ0) is 13.1. The molecule has 1 heterocycles. The molecule has 2 aromatic rings. The van der Waals surface area contributed by atoms with Gasteiger partial charge in [-0.1, -0.05) is 30.3 Å². The number of hydrogen-bond donors (Lipinski definition) is 2. The highest BCUT2D eigenvalue weighted by atomic mass is 15.3. The molecule has 0 aliphatic rings. The Morgan fingerprint density at radius 3 is 2.33 bits per heavy atom.